The first kappa shape index (κ1) is 19.6. The molecule has 1 aromatic carbocycles. The van der Waals surface area contributed by atoms with Gasteiger partial charge in [0.25, 0.3) is 11.5 Å². The number of carbonyl (C=O) groups is 2. The van der Waals surface area contributed by atoms with Crippen LogP contribution in [-0.2, 0) is 9.59 Å². The van der Waals surface area contributed by atoms with E-state index >= 15 is 0 Å². The summed E-state index contributed by atoms with van der Waals surface area (Å²) in [5.74, 6) is -0.814. The van der Waals surface area contributed by atoms with Crippen LogP contribution in [0.5, 0.6) is 0 Å². The molecule has 8 nitrogen and oxygen atoms in total. The molecule has 0 saturated carbocycles. The number of aromatic nitrogens is 2. The molecular formula is C21H17N5O3S. The van der Waals surface area contributed by atoms with Crippen molar-refractivity contribution in [1.82, 2.24) is 9.78 Å². The Morgan fingerprint density at radius 2 is 1.97 bits per heavy atom. The lowest BCUT2D eigenvalue weighted by Crippen LogP contribution is -2.33. The van der Waals surface area contributed by atoms with Crippen molar-refractivity contribution in [2.45, 2.75) is 19.0 Å². The van der Waals surface area contributed by atoms with E-state index in [9.17, 15) is 14.4 Å². The second-order valence-corrected chi connectivity index (χ2v) is 7.54. The van der Waals surface area contributed by atoms with Gasteiger partial charge >= 0.3 is 0 Å². The number of para-hydroxylation sites is 1. The molecule has 1 N–H and O–H groups in total. The van der Waals surface area contributed by atoms with Crippen LogP contribution in [0.25, 0.3) is 10.6 Å². The second-order valence-electron chi connectivity index (χ2n) is 6.59. The van der Waals surface area contributed by atoms with Gasteiger partial charge in [-0.25, -0.2) is 4.68 Å². The molecule has 0 radical (unpaired) electrons. The maximum absolute atomic E-state index is 12.9. The van der Waals surface area contributed by atoms with Gasteiger partial charge in [0.2, 0.25) is 5.91 Å². The van der Waals surface area contributed by atoms with Crippen molar-refractivity contribution >= 4 is 28.8 Å². The van der Waals surface area contributed by atoms with Crippen LogP contribution in [0.15, 0.2) is 81.1 Å². The Morgan fingerprint density at radius 1 is 1.13 bits per heavy atom. The molecule has 0 fully saturated rings. The highest BCUT2D eigenvalue weighted by Crippen LogP contribution is 2.29. The van der Waals surface area contributed by atoms with Crippen LogP contribution in [0, 0.1) is 0 Å². The standard InChI is InChI=1S/C21H17N5O3S/c1-13(26-20(28)11-9-17(25-26)18-7-4-12-30-18)21(29)22-15-6-3-2-5-14(15)16-8-10-19(27)24-23-16/h2-13,16H,1H3,(H,22,29). The highest BCUT2D eigenvalue weighted by atomic mass is 32.1. The quantitative estimate of drug-likeness (QED) is 0.679. The molecule has 4 rings (SSSR count). The number of anilines is 1. The van der Waals surface area contributed by atoms with E-state index in [1.165, 1.54) is 28.2 Å². The fourth-order valence-corrected chi connectivity index (χ4v) is 3.70. The van der Waals surface area contributed by atoms with Gasteiger partial charge in [0.15, 0.2) is 0 Å². The maximum atomic E-state index is 12.9. The van der Waals surface area contributed by atoms with Gasteiger partial charge in [0, 0.05) is 23.4 Å². The molecule has 2 aromatic heterocycles. The Bertz CT molecular complexity index is 1200. The number of nitrogens with zero attached hydrogens (tertiary/aromatic N) is 4. The summed E-state index contributed by atoms with van der Waals surface area (Å²) in [7, 11) is 0. The Kier molecular flexibility index (Phi) is 5.44. The fourth-order valence-electron chi connectivity index (χ4n) is 3.01. The molecule has 9 heteroatoms. The zero-order valence-corrected chi connectivity index (χ0v) is 16.7. The van der Waals surface area contributed by atoms with Crippen LogP contribution in [0.3, 0.4) is 0 Å². The molecule has 2 amide bonds. The molecule has 1 aliphatic heterocycles. The number of hydrogen-bond donors (Lipinski definition) is 1. The third-order valence-corrected chi connectivity index (χ3v) is 5.48. The molecule has 150 valence electrons. The SMILES string of the molecule is CC(C(=O)Nc1ccccc1C1C=CC(=O)N=N1)n1nc(-c2cccs2)ccc1=O. The van der Waals surface area contributed by atoms with Crippen LogP contribution in [0.4, 0.5) is 5.69 Å². The van der Waals surface area contributed by atoms with Gasteiger partial charge in [0.1, 0.15) is 17.8 Å². The minimum Gasteiger partial charge on any atom is -0.324 e. The van der Waals surface area contributed by atoms with Crippen molar-refractivity contribution in [2.75, 3.05) is 5.32 Å². The van der Waals surface area contributed by atoms with Crippen molar-refractivity contribution in [2.24, 2.45) is 10.2 Å². The molecule has 0 bridgehead atoms. The summed E-state index contributed by atoms with van der Waals surface area (Å²) in [6.07, 6.45) is 2.97. The Morgan fingerprint density at radius 3 is 2.70 bits per heavy atom. The Labute approximate surface area is 175 Å². The van der Waals surface area contributed by atoms with Crippen LogP contribution in [0.1, 0.15) is 24.6 Å². The van der Waals surface area contributed by atoms with E-state index in [1.54, 1.807) is 37.3 Å². The van der Waals surface area contributed by atoms with E-state index in [2.05, 4.69) is 20.6 Å². The summed E-state index contributed by atoms with van der Waals surface area (Å²) >= 11 is 1.50. The highest BCUT2D eigenvalue weighted by Gasteiger charge is 2.21. The van der Waals surface area contributed by atoms with Gasteiger partial charge < -0.3 is 5.32 Å². The zero-order chi connectivity index (χ0) is 21.1. The molecule has 2 atom stereocenters. The molecule has 3 heterocycles. The van der Waals surface area contributed by atoms with Gasteiger partial charge in [-0.2, -0.15) is 10.2 Å². The molecule has 0 spiro atoms. The van der Waals surface area contributed by atoms with Crippen LogP contribution < -0.4 is 10.9 Å². The van der Waals surface area contributed by atoms with Crippen molar-refractivity contribution < 1.29 is 9.59 Å². The van der Waals surface area contributed by atoms with Crippen molar-refractivity contribution in [3.8, 4) is 10.6 Å². The minimum atomic E-state index is -0.837. The summed E-state index contributed by atoms with van der Waals surface area (Å²) in [5.41, 5.74) is 1.48. The first-order chi connectivity index (χ1) is 14.5. The summed E-state index contributed by atoms with van der Waals surface area (Å²) in [6.45, 7) is 1.61. The summed E-state index contributed by atoms with van der Waals surface area (Å²) < 4.78 is 1.17. The average Bonchev–Trinajstić information content (AvgIpc) is 3.29. The van der Waals surface area contributed by atoms with E-state index in [1.807, 2.05) is 23.6 Å². The third kappa shape index (κ3) is 4.01. The normalized spacial score (nSPS) is 16.4. The highest BCUT2D eigenvalue weighted by molar-refractivity contribution is 7.13. The molecule has 1 aliphatic rings. The first-order valence-corrected chi connectivity index (χ1v) is 10.1. The third-order valence-electron chi connectivity index (χ3n) is 4.58. The molecule has 0 aliphatic carbocycles. The van der Waals surface area contributed by atoms with E-state index < -0.39 is 23.9 Å². The maximum Gasteiger partial charge on any atom is 0.287 e. The fraction of sp³-hybridized carbons (Fsp3) is 0.143. The number of hydrogen-bond acceptors (Lipinski definition) is 6. The first-order valence-electron chi connectivity index (χ1n) is 9.19. The molecule has 30 heavy (non-hydrogen) atoms. The molecule has 0 saturated heterocycles. The molecular weight excluding hydrogens is 402 g/mol. The van der Waals surface area contributed by atoms with Crippen molar-refractivity contribution in [1.29, 1.82) is 0 Å². The summed E-state index contributed by atoms with van der Waals surface area (Å²) in [6, 6.07) is 12.7. The lowest BCUT2D eigenvalue weighted by Gasteiger charge is -2.18. The summed E-state index contributed by atoms with van der Waals surface area (Å²) in [4.78, 5) is 37.4. The lowest BCUT2D eigenvalue weighted by molar-refractivity contribution is -0.119. The Hall–Kier alpha value is -3.72. The summed E-state index contributed by atoms with van der Waals surface area (Å²) in [5, 5.41) is 16.7. The number of nitrogens with one attached hydrogen (secondary N) is 1. The number of carbonyl (C=O) groups excluding carboxylic acids is 2. The molecule has 2 unspecified atom stereocenters. The number of thiophene rings is 1. The van der Waals surface area contributed by atoms with Crippen LogP contribution >= 0.6 is 11.3 Å². The number of azo groups is 1. The lowest BCUT2D eigenvalue weighted by atomic mass is 10.0. The monoisotopic (exact) mass is 419 g/mol. The second kappa shape index (κ2) is 8.34. The predicted molar refractivity (Wildman–Crippen MR) is 113 cm³/mol. The minimum absolute atomic E-state index is 0.367. The number of amides is 2. The molecule has 3 aromatic rings. The van der Waals surface area contributed by atoms with E-state index in [0.29, 0.717) is 16.9 Å². The number of benzene rings is 1. The predicted octanol–water partition coefficient (Wildman–Crippen LogP) is 3.76. The van der Waals surface area contributed by atoms with E-state index in [-0.39, 0.29) is 5.56 Å². The topological polar surface area (TPSA) is 106 Å². The van der Waals surface area contributed by atoms with Gasteiger partial charge in [0.05, 0.1) is 4.88 Å². The average molecular weight is 419 g/mol. The largest absolute Gasteiger partial charge is 0.324 e. The van der Waals surface area contributed by atoms with Crippen molar-refractivity contribution in [3.63, 3.8) is 0 Å². The smallest absolute Gasteiger partial charge is 0.287 e. The van der Waals surface area contributed by atoms with Crippen LogP contribution in [0.2, 0.25) is 0 Å². The van der Waals surface area contributed by atoms with Gasteiger partial charge in [-0.1, -0.05) is 24.3 Å². The van der Waals surface area contributed by atoms with Crippen molar-refractivity contribution in [3.05, 3.63) is 82.0 Å². The van der Waals surface area contributed by atoms with Gasteiger partial charge in [-0.05, 0) is 36.6 Å². The zero-order valence-electron chi connectivity index (χ0n) is 15.9. The van der Waals surface area contributed by atoms with E-state index in [4.69, 9.17) is 0 Å². The van der Waals surface area contributed by atoms with E-state index in [0.717, 1.165) is 4.88 Å². The Balaban J connectivity index is 1.59. The number of rotatable bonds is 5. The van der Waals surface area contributed by atoms with Crippen LogP contribution in [-0.4, -0.2) is 21.6 Å². The van der Waals surface area contributed by atoms with Gasteiger partial charge in [-0.3, -0.25) is 14.4 Å². The van der Waals surface area contributed by atoms with Gasteiger partial charge in [-0.15, -0.1) is 16.5 Å².